The van der Waals surface area contributed by atoms with Crippen LogP contribution in [0.2, 0.25) is 0 Å². The second-order valence-corrected chi connectivity index (χ2v) is 3.83. The molecule has 0 saturated heterocycles. The molecule has 80 valence electrons. The lowest BCUT2D eigenvalue weighted by atomic mass is 10.1. The molecular formula is C13H12N2O. The maximum Gasteiger partial charge on any atom is 0.0862 e. The third kappa shape index (κ3) is 1.37. The van der Waals surface area contributed by atoms with E-state index in [1.807, 2.05) is 18.3 Å². The van der Waals surface area contributed by atoms with Crippen LogP contribution in [0.15, 0.2) is 36.5 Å². The highest BCUT2D eigenvalue weighted by molar-refractivity contribution is 6.04. The van der Waals surface area contributed by atoms with Crippen molar-refractivity contribution < 1.29 is 4.74 Å². The average Bonchev–Trinajstić information content (AvgIpc) is 2.72. The van der Waals surface area contributed by atoms with E-state index >= 15 is 0 Å². The molecule has 2 aromatic heterocycles. The number of ether oxygens (including phenoxy) is 1. The number of aromatic nitrogens is 2. The second-order valence-electron chi connectivity index (χ2n) is 3.83. The topological polar surface area (TPSA) is 37.9 Å². The van der Waals surface area contributed by atoms with Crippen molar-refractivity contribution in [1.29, 1.82) is 0 Å². The molecule has 0 radical (unpaired) electrons. The molecule has 0 bridgehead atoms. The van der Waals surface area contributed by atoms with Gasteiger partial charge in [-0.1, -0.05) is 6.07 Å². The molecule has 0 aliphatic carbocycles. The van der Waals surface area contributed by atoms with E-state index in [0.29, 0.717) is 6.61 Å². The molecule has 0 saturated carbocycles. The normalized spacial score (nSPS) is 11.3. The van der Waals surface area contributed by atoms with Crippen LogP contribution in [-0.4, -0.2) is 17.1 Å². The lowest BCUT2D eigenvalue weighted by Crippen LogP contribution is -1.85. The smallest absolute Gasteiger partial charge is 0.0862 e. The Morgan fingerprint density at radius 1 is 1.31 bits per heavy atom. The minimum atomic E-state index is 0.608. The molecule has 3 nitrogen and oxygen atoms in total. The van der Waals surface area contributed by atoms with Crippen LogP contribution in [0.25, 0.3) is 21.8 Å². The summed E-state index contributed by atoms with van der Waals surface area (Å²) in [4.78, 5) is 7.71. The van der Waals surface area contributed by atoms with Crippen LogP contribution in [0.5, 0.6) is 0 Å². The van der Waals surface area contributed by atoms with Crippen LogP contribution < -0.4 is 0 Å². The van der Waals surface area contributed by atoms with Crippen LogP contribution >= 0.6 is 0 Å². The Morgan fingerprint density at radius 2 is 2.25 bits per heavy atom. The van der Waals surface area contributed by atoms with Gasteiger partial charge in [-0.2, -0.15) is 0 Å². The van der Waals surface area contributed by atoms with E-state index in [1.165, 1.54) is 5.39 Å². The highest BCUT2D eigenvalue weighted by Crippen LogP contribution is 2.24. The van der Waals surface area contributed by atoms with Crippen LogP contribution in [0, 0.1) is 0 Å². The summed E-state index contributed by atoms with van der Waals surface area (Å²) < 4.78 is 5.12. The van der Waals surface area contributed by atoms with Crippen molar-refractivity contribution in [3.63, 3.8) is 0 Å². The summed E-state index contributed by atoms with van der Waals surface area (Å²) in [6.07, 6.45) is 1.81. The fourth-order valence-electron chi connectivity index (χ4n) is 2.05. The summed E-state index contributed by atoms with van der Waals surface area (Å²) in [6.45, 7) is 0.608. The lowest BCUT2D eigenvalue weighted by Gasteiger charge is -1.97. The molecule has 1 N–H and O–H groups in total. The predicted octanol–water partition coefficient (Wildman–Crippen LogP) is 2.86. The van der Waals surface area contributed by atoms with E-state index < -0.39 is 0 Å². The molecule has 0 amide bonds. The van der Waals surface area contributed by atoms with Crippen molar-refractivity contribution in [2.45, 2.75) is 6.61 Å². The summed E-state index contributed by atoms with van der Waals surface area (Å²) >= 11 is 0. The lowest BCUT2D eigenvalue weighted by molar-refractivity contribution is 0.182. The van der Waals surface area contributed by atoms with Crippen LogP contribution in [0.1, 0.15) is 5.69 Å². The molecule has 0 spiro atoms. The first-order valence-corrected chi connectivity index (χ1v) is 5.23. The number of fused-ring (bicyclic) bond motifs is 3. The summed E-state index contributed by atoms with van der Waals surface area (Å²) in [5.74, 6) is 0. The third-order valence-electron chi connectivity index (χ3n) is 2.73. The van der Waals surface area contributed by atoms with Crippen LogP contribution in [0.3, 0.4) is 0 Å². The number of rotatable bonds is 2. The van der Waals surface area contributed by atoms with Crippen molar-refractivity contribution in [3.8, 4) is 0 Å². The zero-order valence-corrected chi connectivity index (χ0v) is 9.03. The van der Waals surface area contributed by atoms with E-state index in [2.05, 4.69) is 28.2 Å². The molecule has 16 heavy (non-hydrogen) atoms. The number of nitrogens with zero attached hydrogens (tertiary/aromatic N) is 1. The maximum absolute atomic E-state index is 5.12. The fourth-order valence-corrected chi connectivity index (χ4v) is 2.05. The Bertz CT molecular complexity index is 643. The highest BCUT2D eigenvalue weighted by Gasteiger charge is 2.04. The standard InChI is InChI=1S/C13H12N2O/c1-16-8-10-7-9-4-5-12-11(13(9)15-10)3-2-6-14-12/h2-7,15H,8H2,1H3. The molecule has 0 atom stereocenters. The van der Waals surface area contributed by atoms with Gasteiger partial charge in [-0.05, 0) is 24.3 Å². The molecular weight excluding hydrogens is 200 g/mol. The van der Waals surface area contributed by atoms with Crippen molar-refractivity contribution in [2.24, 2.45) is 0 Å². The van der Waals surface area contributed by atoms with E-state index in [4.69, 9.17) is 4.74 Å². The van der Waals surface area contributed by atoms with Gasteiger partial charge in [-0.25, -0.2) is 0 Å². The maximum atomic E-state index is 5.12. The summed E-state index contributed by atoms with van der Waals surface area (Å²) in [5, 5.41) is 2.36. The molecule has 0 fully saturated rings. The molecule has 3 rings (SSSR count). The van der Waals surface area contributed by atoms with Gasteiger partial charge >= 0.3 is 0 Å². The predicted molar refractivity (Wildman–Crippen MR) is 64.3 cm³/mol. The number of aromatic amines is 1. The van der Waals surface area contributed by atoms with Gasteiger partial charge in [0.25, 0.3) is 0 Å². The van der Waals surface area contributed by atoms with Gasteiger partial charge in [0.1, 0.15) is 0 Å². The van der Waals surface area contributed by atoms with Gasteiger partial charge in [-0.15, -0.1) is 0 Å². The minimum Gasteiger partial charge on any atom is -0.378 e. The van der Waals surface area contributed by atoms with Crippen molar-refractivity contribution in [3.05, 3.63) is 42.2 Å². The van der Waals surface area contributed by atoms with Crippen molar-refractivity contribution >= 4 is 21.8 Å². The van der Waals surface area contributed by atoms with E-state index in [1.54, 1.807) is 7.11 Å². The molecule has 2 heterocycles. The quantitative estimate of drug-likeness (QED) is 0.709. The Kier molecular flexibility index (Phi) is 2.11. The van der Waals surface area contributed by atoms with Gasteiger partial charge in [0.05, 0.1) is 17.6 Å². The number of hydrogen-bond acceptors (Lipinski definition) is 2. The van der Waals surface area contributed by atoms with Crippen LogP contribution in [0.4, 0.5) is 0 Å². The number of hydrogen-bond donors (Lipinski definition) is 1. The summed E-state index contributed by atoms with van der Waals surface area (Å²) in [6, 6.07) is 10.3. The van der Waals surface area contributed by atoms with E-state index in [0.717, 1.165) is 22.1 Å². The summed E-state index contributed by atoms with van der Waals surface area (Å²) in [5.41, 5.74) is 3.24. The van der Waals surface area contributed by atoms with E-state index in [-0.39, 0.29) is 0 Å². The Balaban J connectivity index is 2.32. The molecule has 3 aromatic rings. The number of methoxy groups -OCH3 is 1. The molecule has 0 aliphatic heterocycles. The molecule has 0 aliphatic rings. The zero-order chi connectivity index (χ0) is 11.0. The molecule has 1 aromatic carbocycles. The van der Waals surface area contributed by atoms with Gasteiger partial charge in [0.15, 0.2) is 0 Å². The van der Waals surface area contributed by atoms with Gasteiger partial charge in [0.2, 0.25) is 0 Å². The summed E-state index contributed by atoms with van der Waals surface area (Å²) in [7, 11) is 1.70. The highest BCUT2D eigenvalue weighted by atomic mass is 16.5. The monoisotopic (exact) mass is 212 g/mol. The zero-order valence-electron chi connectivity index (χ0n) is 9.03. The van der Waals surface area contributed by atoms with Crippen molar-refractivity contribution in [1.82, 2.24) is 9.97 Å². The second kappa shape index (κ2) is 3.61. The Hall–Kier alpha value is -1.87. The van der Waals surface area contributed by atoms with E-state index in [9.17, 15) is 0 Å². The first-order valence-electron chi connectivity index (χ1n) is 5.23. The molecule has 0 unspecified atom stereocenters. The first kappa shape index (κ1) is 9.36. The SMILES string of the molecule is COCc1cc2ccc3ncccc3c2[nH]1. The Morgan fingerprint density at radius 3 is 3.12 bits per heavy atom. The van der Waals surface area contributed by atoms with Gasteiger partial charge in [-0.3, -0.25) is 4.98 Å². The van der Waals surface area contributed by atoms with Gasteiger partial charge in [0, 0.05) is 29.8 Å². The number of pyridine rings is 1. The van der Waals surface area contributed by atoms with Crippen molar-refractivity contribution in [2.75, 3.05) is 7.11 Å². The number of nitrogens with one attached hydrogen (secondary N) is 1. The van der Waals surface area contributed by atoms with Crippen LogP contribution in [-0.2, 0) is 11.3 Å². The number of benzene rings is 1. The largest absolute Gasteiger partial charge is 0.378 e. The minimum absolute atomic E-state index is 0.608. The first-order chi connectivity index (χ1) is 7.88. The Labute approximate surface area is 93.1 Å². The molecule has 3 heteroatoms. The number of H-pyrrole nitrogens is 1. The average molecular weight is 212 g/mol. The fraction of sp³-hybridized carbons (Fsp3) is 0.154. The third-order valence-corrected chi connectivity index (χ3v) is 2.73. The van der Waals surface area contributed by atoms with Gasteiger partial charge < -0.3 is 9.72 Å².